The highest BCUT2D eigenvalue weighted by Crippen LogP contribution is 2.32. The largest absolute Gasteiger partial charge is 0.394 e. The first-order valence-electron chi connectivity index (χ1n) is 7.33. The number of rotatable bonds is 3. The fourth-order valence-electron chi connectivity index (χ4n) is 2.89. The third kappa shape index (κ3) is 3.54. The standard InChI is InChI=1S/C16H25FN2O2/c1-10-5-15(13(11(2)18)6-14(10)17)19-7-12(8-20)21-16(3,4)9-19/h5-6,11-12,20H,7-9,18H2,1-4H3/t11-,12?/m0/s1. The molecule has 0 saturated carbocycles. The molecule has 3 N–H and O–H groups in total. The minimum atomic E-state index is -0.372. The van der Waals surface area contributed by atoms with Crippen LogP contribution in [0.15, 0.2) is 12.1 Å². The molecule has 0 aliphatic carbocycles. The maximum Gasteiger partial charge on any atom is 0.126 e. The number of aliphatic hydroxyl groups excluding tert-OH is 1. The summed E-state index contributed by atoms with van der Waals surface area (Å²) < 4.78 is 19.7. The summed E-state index contributed by atoms with van der Waals surface area (Å²) in [7, 11) is 0. The van der Waals surface area contributed by atoms with Crippen LogP contribution in [-0.2, 0) is 4.74 Å². The Kier molecular flexibility index (Phi) is 4.56. The topological polar surface area (TPSA) is 58.7 Å². The average Bonchev–Trinajstić information content (AvgIpc) is 2.39. The number of anilines is 1. The average molecular weight is 296 g/mol. The lowest BCUT2D eigenvalue weighted by molar-refractivity contribution is -0.101. The predicted octanol–water partition coefficient (Wildman–Crippen LogP) is 2.13. The molecular formula is C16H25FN2O2. The molecule has 1 fully saturated rings. The van der Waals surface area contributed by atoms with E-state index in [9.17, 15) is 9.50 Å². The zero-order valence-electron chi connectivity index (χ0n) is 13.2. The van der Waals surface area contributed by atoms with E-state index in [1.54, 1.807) is 6.92 Å². The van der Waals surface area contributed by atoms with Gasteiger partial charge in [-0.15, -0.1) is 0 Å². The van der Waals surface area contributed by atoms with Crippen LogP contribution >= 0.6 is 0 Å². The highest BCUT2D eigenvalue weighted by Gasteiger charge is 2.34. The summed E-state index contributed by atoms with van der Waals surface area (Å²) in [6, 6.07) is 3.10. The molecule has 1 saturated heterocycles. The van der Waals surface area contributed by atoms with Crippen LogP contribution in [0.1, 0.15) is 37.9 Å². The molecule has 1 heterocycles. The van der Waals surface area contributed by atoms with Gasteiger partial charge in [0.05, 0.1) is 18.3 Å². The Hall–Kier alpha value is -1.17. The van der Waals surface area contributed by atoms with Crippen molar-refractivity contribution < 1.29 is 14.2 Å². The molecule has 1 aromatic carbocycles. The highest BCUT2D eigenvalue weighted by atomic mass is 19.1. The molecule has 21 heavy (non-hydrogen) atoms. The van der Waals surface area contributed by atoms with Gasteiger partial charge in [0.25, 0.3) is 0 Å². The van der Waals surface area contributed by atoms with E-state index < -0.39 is 0 Å². The SMILES string of the molecule is Cc1cc(N2CC(CO)OC(C)(C)C2)c([C@H](C)N)cc1F. The summed E-state index contributed by atoms with van der Waals surface area (Å²) in [6.07, 6.45) is -0.250. The second-order valence-corrected chi connectivity index (χ2v) is 6.51. The van der Waals surface area contributed by atoms with E-state index in [1.165, 1.54) is 6.07 Å². The number of morpholine rings is 1. The molecule has 2 atom stereocenters. The maximum atomic E-state index is 13.8. The number of halogens is 1. The lowest BCUT2D eigenvalue weighted by Gasteiger charge is -2.44. The number of benzene rings is 1. The normalized spacial score (nSPS) is 23.2. The highest BCUT2D eigenvalue weighted by molar-refractivity contribution is 5.57. The Bertz CT molecular complexity index is 517. The number of hydrogen-bond acceptors (Lipinski definition) is 4. The Morgan fingerprint density at radius 1 is 1.52 bits per heavy atom. The summed E-state index contributed by atoms with van der Waals surface area (Å²) in [5.41, 5.74) is 7.94. The quantitative estimate of drug-likeness (QED) is 0.897. The smallest absolute Gasteiger partial charge is 0.126 e. The van der Waals surface area contributed by atoms with Crippen LogP contribution in [0, 0.1) is 12.7 Å². The van der Waals surface area contributed by atoms with Crippen molar-refractivity contribution in [3.05, 3.63) is 29.1 Å². The van der Waals surface area contributed by atoms with Crippen molar-refractivity contribution >= 4 is 5.69 Å². The molecule has 1 aliphatic rings. The van der Waals surface area contributed by atoms with Crippen LogP contribution in [0.25, 0.3) is 0 Å². The molecule has 1 aliphatic heterocycles. The number of hydrogen-bond donors (Lipinski definition) is 2. The first-order valence-corrected chi connectivity index (χ1v) is 7.33. The van der Waals surface area contributed by atoms with Gasteiger partial charge in [0, 0.05) is 24.8 Å². The van der Waals surface area contributed by atoms with E-state index in [4.69, 9.17) is 10.5 Å². The first-order chi connectivity index (χ1) is 9.73. The van der Waals surface area contributed by atoms with Crippen molar-refractivity contribution in [2.45, 2.75) is 45.4 Å². The van der Waals surface area contributed by atoms with Crippen molar-refractivity contribution in [2.75, 3.05) is 24.6 Å². The van der Waals surface area contributed by atoms with E-state index >= 15 is 0 Å². The van der Waals surface area contributed by atoms with E-state index in [1.807, 2.05) is 26.8 Å². The minimum Gasteiger partial charge on any atom is -0.394 e. The number of aryl methyl sites for hydroxylation is 1. The van der Waals surface area contributed by atoms with Crippen molar-refractivity contribution in [1.29, 1.82) is 0 Å². The first kappa shape index (κ1) is 16.2. The number of nitrogens with two attached hydrogens (primary N) is 1. The van der Waals surface area contributed by atoms with Gasteiger partial charge in [0.2, 0.25) is 0 Å². The van der Waals surface area contributed by atoms with Gasteiger partial charge in [-0.25, -0.2) is 4.39 Å². The van der Waals surface area contributed by atoms with Crippen LogP contribution in [0.5, 0.6) is 0 Å². The van der Waals surface area contributed by atoms with Crippen LogP contribution in [-0.4, -0.2) is 36.5 Å². The second-order valence-electron chi connectivity index (χ2n) is 6.51. The molecule has 118 valence electrons. The van der Waals surface area contributed by atoms with Crippen molar-refractivity contribution in [3.8, 4) is 0 Å². The van der Waals surface area contributed by atoms with Gasteiger partial charge in [-0.3, -0.25) is 0 Å². The monoisotopic (exact) mass is 296 g/mol. The van der Waals surface area contributed by atoms with Gasteiger partial charge in [-0.05, 0) is 51.0 Å². The Balaban J connectivity index is 2.42. The molecule has 0 spiro atoms. The zero-order valence-corrected chi connectivity index (χ0v) is 13.2. The minimum absolute atomic E-state index is 0.0341. The van der Waals surface area contributed by atoms with Gasteiger partial charge in [-0.2, -0.15) is 0 Å². The third-order valence-electron chi connectivity index (χ3n) is 3.82. The van der Waals surface area contributed by atoms with Gasteiger partial charge in [0.15, 0.2) is 0 Å². The lowest BCUT2D eigenvalue weighted by Crippen LogP contribution is -2.54. The fourth-order valence-corrected chi connectivity index (χ4v) is 2.89. The summed E-state index contributed by atoms with van der Waals surface area (Å²) in [4.78, 5) is 2.13. The fraction of sp³-hybridized carbons (Fsp3) is 0.625. The second kappa shape index (κ2) is 5.91. The molecule has 2 rings (SSSR count). The van der Waals surface area contributed by atoms with Crippen LogP contribution in [0.3, 0.4) is 0 Å². The molecular weight excluding hydrogens is 271 g/mol. The molecule has 5 heteroatoms. The number of aliphatic hydroxyl groups is 1. The summed E-state index contributed by atoms with van der Waals surface area (Å²) in [5, 5.41) is 9.43. The Morgan fingerprint density at radius 2 is 2.19 bits per heavy atom. The Labute approximate surface area is 125 Å². The molecule has 0 aromatic heterocycles. The molecule has 4 nitrogen and oxygen atoms in total. The number of nitrogens with zero attached hydrogens (tertiary/aromatic N) is 1. The maximum absolute atomic E-state index is 13.8. The third-order valence-corrected chi connectivity index (χ3v) is 3.82. The van der Waals surface area contributed by atoms with Gasteiger partial charge >= 0.3 is 0 Å². The van der Waals surface area contributed by atoms with E-state index in [-0.39, 0.29) is 30.2 Å². The summed E-state index contributed by atoms with van der Waals surface area (Å²) in [6.45, 7) is 8.79. The van der Waals surface area contributed by atoms with Gasteiger partial charge in [0.1, 0.15) is 5.82 Å². The summed E-state index contributed by atoms with van der Waals surface area (Å²) in [5.74, 6) is -0.239. The predicted molar refractivity (Wildman–Crippen MR) is 82.0 cm³/mol. The van der Waals surface area contributed by atoms with Gasteiger partial charge < -0.3 is 20.5 Å². The van der Waals surface area contributed by atoms with Crippen LogP contribution in [0.4, 0.5) is 10.1 Å². The summed E-state index contributed by atoms with van der Waals surface area (Å²) >= 11 is 0. The van der Waals surface area contributed by atoms with E-state index in [0.29, 0.717) is 18.7 Å². The molecule has 0 amide bonds. The van der Waals surface area contributed by atoms with E-state index in [2.05, 4.69) is 4.90 Å². The Morgan fingerprint density at radius 3 is 2.76 bits per heavy atom. The molecule has 0 radical (unpaired) electrons. The lowest BCUT2D eigenvalue weighted by atomic mass is 9.99. The van der Waals surface area contributed by atoms with Crippen LogP contribution in [0.2, 0.25) is 0 Å². The van der Waals surface area contributed by atoms with E-state index in [0.717, 1.165) is 11.3 Å². The zero-order chi connectivity index (χ0) is 15.8. The molecule has 0 bridgehead atoms. The van der Waals surface area contributed by atoms with Crippen LogP contribution < -0.4 is 10.6 Å². The van der Waals surface area contributed by atoms with Crippen molar-refractivity contribution in [2.24, 2.45) is 5.73 Å². The van der Waals surface area contributed by atoms with Gasteiger partial charge in [-0.1, -0.05) is 0 Å². The van der Waals surface area contributed by atoms with Crippen molar-refractivity contribution in [3.63, 3.8) is 0 Å². The van der Waals surface area contributed by atoms with Crippen molar-refractivity contribution in [1.82, 2.24) is 0 Å². The molecule has 1 aromatic rings. The number of ether oxygens (including phenoxy) is 1. The molecule has 1 unspecified atom stereocenters.